The molecule has 10 aliphatic rings. The van der Waals surface area contributed by atoms with Gasteiger partial charge in [0.1, 0.15) is 30.1 Å². The number of likely N-dealkylation sites (tertiary alicyclic amines) is 1. The van der Waals surface area contributed by atoms with E-state index in [2.05, 4.69) is 330 Å². The van der Waals surface area contributed by atoms with Gasteiger partial charge in [0.25, 0.3) is 0 Å². The van der Waals surface area contributed by atoms with Gasteiger partial charge in [-0.3, -0.25) is 14.5 Å². The molecule has 8 fully saturated rings. The van der Waals surface area contributed by atoms with Crippen molar-refractivity contribution < 1.29 is 60.7 Å². The van der Waals surface area contributed by atoms with Crippen molar-refractivity contribution in [2.75, 3.05) is 14.1 Å². The molecule has 9 N–H and O–H groups in total. The lowest BCUT2D eigenvalue weighted by molar-refractivity contribution is -0.350. The van der Waals surface area contributed by atoms with Gasteiger partial charge in [0.2, 0.25) is 0 Å². The predicted molar refractivity (Wildman–Crippen MR) is 557 cm³/mol. The first-order chi connectivity index (χ1) is 58.4. The fourth-order valence-electron chi connectivity index (χ4n) is 25.6. The first-order valence-corrected chi connectivity index (χ1v) is 50.3. The lowest BCUT2D eigenvalue weighted by Gasteiger charge is -2.72. The number of oxime groups is 1. The highest BCUT2D eigenvalue weighted by molar-refractivity contribution is 5.91. The van der Waals surface area contributed by atoms with E-state index in [-0.39, 0.29) is 143 Å². The van der Waals surface area contributed by atoms with Crippen LogP contribution >= 0.6 is 0 Å². The molecule has 24 heteroatoms. The number of hydrazine groups is 1. The number of hydrogen-bond acceptors (Lipinski definition) is 24. The molecule has 135 heavy (non-hydrogen) atoms. The average molecular weight is 1910 g/mol. The Labute approximate surface area is 827 Å². The monoisotopic (exact) mass is 1910 g/mol. The average Bonchev–Trinajstić information content (AvgIpc) is 1.53. The maximum absolute atomic E-state index is 13.3. The number of nitrogens with zero attached hydrogens (tertiary/aromatic N) is 11. The molecule has 2 saturated carbocycles. The van der Waals surface area contributed by atoms with Gasteiger partial charge in [-0.05, 0) is 355 Å². The van der Waals surface area contributed by atoms with E-state index in [9.17, 15) is 46.0 Å². The summed E-state index contributed by atoms with van der Waals surface area (Å²) in [6.07, 6.45) is 1.04. The molecule has 0 radical (unpaired) electrons. The Bertz CT molecular complexity index is 4120. The van der Waals surface area contributed by atoms with E-state index in [1.54, 1.807) is 34.1 Å². The topological polar surface area (TPSA) is 280 Å². The lowest BCUT2D eigenvalue weighted by Crippen LogP contribution is -2.76. The van der Waals surface area contributed by atoms with E-state index in [4.69, 9.17) is 14.7 Å². The van der Waals surface area contributed by atoms with E-state index in [0.717, 1.165) is 5.84 Å². The normalized spacial score (nSPS) is 32.1. The second-order valence-corrected chi connectivity index (χ2v) is 58.6. The lowest BCUT2D eigenvalue weighted by atomic mass is 9.42. The van der Waals surface area contributed by atoms with Crippen molar-refractivity contribution in [1.82, 2.24) is 50.8 Å². The maximum atomic E-state index is 13.3. The van der Waals surface area contributed by atoms with Crippen molar-refractivity contribution >= 4 is 23.5 Å². The summed E-state index contributed by atoms with van der Waals surface area (Å²) in [5.74, 6) is -0.181. The molecular weight excluding hydrogens is 1690 g/mol. The number of rotatable bonds is 4. The summed E-state index contributed by atoms with van der Waals surface area (Å²) >= 11 is 0. The number of esters is 2. The highest BCUT2D eigenvalue weighted by Crippen LogP contribution is 2.83. The number of benzene rings is 1. The van der Waals surface area contributed by atoms with E-state index in [1.807, 2.05) is 156 Å². The van der Waals surface area contributed by atoms with E-state index in [1.165, 1.54) is 39.2 Å². The zero-order valence-electron chi connectivity index (χ0n) is 99.7. The molecule has 6 saturated heterocycles. The van der Waals surface area contributed by atoms with Crippen LogP contribution in [0.2, 0.25) is 0 Å². The number of carbonyl (C=O) groups excluding carboxylic acids is 2. The SMILES string of the molecule is CC(C)(C)N(O)C(C)(C)C.CC(C)=NO.CC1(C)N(O)C(C)(C)C(C)(C)C(C)(C)C1(C)C.CC1(C)N(O)C(C)(C)C(C)(C)C1(C)C.CC1(C)N(O)C(C)(C)C2(C)CC12C.CC1(C)N(O)C(C)(C)C2(C)CC2(C)C1(C)C.CC1(C)c2ccccc2C(C)(C)N1O.CC1=NC(C)(C)N(C)N1.CN1C(C)(C)C(C)(C)C(OC(=O)CC(=O)OC2C(C)(C)C(C)(C)N(O)C(C)(C)C2(C)C)C(C)(C)C1(C)C. The summed E-state index contributed by atoms with van der Waals surface area (Å²) in [4.78, 5) is 33.3. The summed E-state index contributed by atoms with van der Waals surface area (Å²) < 4.78 is 12.3. The third kappa shape index (κ3) is 18.8. The minimum Gasteiger partial charge on any atom is -0.461 e. The van der Waals surface area contributed by atoms with Crippen LogP contribution < -0.4 is 5.43 Å². The van der Waals surface area contributed by atoms with Gasteiger partial charge in [-0.15, -0.1) is 0 Å². The molecule has 2 aliphatic carbocycles. The fraction of sp³-hybridized carbons (Fsp3) is 0.910. The molecule has 1 aromatic rings. The molecule has 0 bridgehead atoms. The van der Waals surface area contributed by atoms with Crippen molar-refractivity contribution in [3.63, 3.8) is 0 Å². The molecule has 11 rings (SSSR count). The molecular formula is C111H216N12O12. The first-order valence-electron chi connectivity index (χ1n) is 50.3. The molecule has 4 atom stereocenters. The van der Waals surface area contributed by atoms with Gasteiger partial charge in [0.05, 0.1) is 16.8 Å². The van der Waals surface area contributed by atoms with Crippen molar-refractivity contribution in [1.29, 1.82) is 0 Å². The Hall–Kier alpha value is -3.54. The van der Waals surface area contributed by atoms with Crippen LogP contribution in [0, 0.1) is 75.8 Å². The Morgan fingerprint density at radius 3 is 0.807 bits per heavy atom. The molecule has 8 aliphatic heterocycles. The molecule has 0 amide bonds. The van der Waals surface area contributed by atoms with Crippen LogP contribution in [0.15, 0.2) is 34.4 Å². The van der Waals surface area contributed by atoms with Gasteiger partial charge in [0.15, 0.2) is 0 Å². The summed E-state index contributed by atoms with van der Waals surface area (Å²) in [7, 11) is 4.11. The van der Waals surface area contributed by atoms with Gasteiger partial charge in [-0.2, -0.15) is 40.5 Å². The van der Waals surface area contributed by atoms with Crippen LogP contribution in [-0.4, -0.2) is 220 Å². The fourth-order valence-corrected chi connectivity index (χ4v) is 25.6. The number of carbonyl (C=O) groups is 2. The summed E-state index contributed by atoms with van der Waals surface area (Å²) in [6.45, 7) is 134. The van der Waals surface area contributed by atoms with Gasteiger partial charge in [0, 0.05) is 106 Å². The van der Waals surface area contributed by atoms with Crippen molar-refractivity contribution in [2.24, 2.45) is 86.0 Å². The number of aliphatic imine (C=N–C) groups is 1. The Kier molecular flexibility index (Phi) is 33.8. The number of hydroxylamine groups is 14. The van der Waals surface area contributed by atoms with Crippen molar-refractivity contribution in [2.45, 2.75) is 562 Å². The van der Waals surface area contributed by atoms with Crippen molar-refractivity contribution in [3.8, 4) is 0 Å². The van der Waals surface area contributed by atoms with Crippen molar-refractivity contribution in [3.05, 3.63) is 35.4 Å². The summed E-state index contributed by atoms with van der Waals surface area (Å²) in [5, 5.41) is 95.6. The van der Waals surface area contributed by atoms with Gasteiger partial charge in [-0.25, -0.2) is 4.99 Å². The smallest absolute Gasteiger partial charge is 0.317 e. The number of piperidine rings is 5. The third-order valence-electron chi connectivity index (χ3n) is 44.4. The van der Waals surface area contributed by atoms with Gasteiger partial charge in [-0.1, -0.05) is 196 Å². The van der Waals surface area contributed by atoms with E-state index < -0.39 is 52.5 Å². The molecule has 792 valence electrons. The van der Waals surface area contributed by atoms with Crippen LogP contribution in [0.3, 0.4) is 0 Å². The molecule has 0 aromatic heterocycles. The molecule has 24 nitrogen and oxygen atoms in total. The summed E-state index contributed by atoms with van der Waals surface area (Å²) in [5.41, 5.74) is 1.40. The van der Waals surface area contributed by atoms with Gasteiger partial charge >= 0.3 is 11.9 Å². The first kappa shape index (κ1) is 126. The number of fused-ring (bicyclic) bond motifs is 3. The van der Waals surface area contributed by atoms with Crippen LogP contribution in [0.1, 0.15) is 467 Å². The molecule has 0 spiro atoms. The van der Waals surface area contributed by atoms with Crippen LogP contribution in [0.4, 0.5) is 0 Å². The molecule has 1 aromatic carbocycles. The minimum atomic E-state index is -0.684. The van der Waals surface area contributed by atoms with E-state index >= 15 is 0 Å². The molecule has 8 heterocycles. The maximum Gasteiger partial charge on any atom is 0.317 e. The van der Waals surface area contributed by atoms with Crippen LogP contribution in [-0.2, 0) is 30.1 Å². The quantitative estimate of drug-likeness (QED) is 0.0445. The number of hydrogen-bond donors (Lipinski definition) is 9. The molecule has 4 unspecified atom stereocenters. The second kappa shape index (κ2) is 36.3. The number of nitrogens with one attached hydrogen (secondary N) is 1. The number of ether oxygens (including phenoxy) is 2. The Balaban J connectivity index is 0.000000412. The largest absolute Gasteiger partial charge is 0.461 e. The van der Waals surface area contributed by atoms with E-state index in [0.29, 0.717) is 11.1 Å². The summed E-state index contributed by atoms with van der Waals surface area (Å²) in [6, 6.07) is 8.23. The highest BCUT2D eigenvalue weighted by Gasteiger charge is 2.83. The zero-order chi connectivity index (χ0) is 109. The second-order valence-electron chi connectivity index (χ2n) is 58.6. The van der Waals surface area contributed by atoms with Crippen LogP contribution in [0.25, 0.3) is 0 Å². The minimum absolute atomic E-state index is 0.00771. The predicted octanol–water partition coefficient (Wildman–Crippen LogP) is 26.6. The van der Waals surface area contributed by atoms with Gasteiger partial charge < -0.3 is 56.6 Å². The highest BCUT2D eigenvalue weighted by atomic mass is 16.6. The van der Waals surface area contributed by atoms with Crippen LogP contribution in [0.5, 0.6) is 0 Å². The Morgan fingerprint density at radius 2 is 0.593 bits per heavy atom. The number of amidine groups is 1. The standard InChI is InChI=1S/C30H56N2O5.C15H31NO.C14H27NO.C12H17NO.C12H25NO.C11H21NO.C8H19NO.C6H13N3.C3H7NO/c1-23(2)21(24(3,4)28(11,12)31(17)27(23,9)10)36-19(33)18-20(34)37-22-25(5,6)29(13,14)32(35)30(15,16)26(22,7)8;1-11(2)12(3,4)14(7,8)16(17)15(9,10)13(11,5)6;1-10(2)11(3,4)15(16)12(5,6)14(8)9-13(10,14)7;1-11(2)9-7-5-6-8-10(9)12(3,4)13(11)14;1-9(2)10(3,4)12(7,8)13(14)11(9,5)6;1-8(2)10(5)7-11(10,6)9(3,4)12(8)13;1-7(2,3)9(10)8(4,5)6;1-5-7-6(2,3)9(4)8-5;1-3(2)4-5/h21-22,35H,18H2,1-17H3;17H,1-10H3;16H,9H2,1-8H3;5-8,14H,1-4H3;14H,1-8H3;13H,7H2,1-6H3;10H,1-6H3;1-4H3,(H,7,8);5H,1-2H3. The Morgan fingerprint density at radius 1 is 0.370 bits per heavy atom. The zero-order valence-corrected chi connectivity index (χ0v) is 99.7. The third-order valence-corrected chi connectivity index (χ3v) is 44.4.